The molecule has 1 saturated heterocycles. The van der Waals surface area contributed by atoms with Crippen LogP contribution in [0.4, 0.5) is 0 Å². The van der Waals surface area contributed by atoms with Crippen LogP contribution in [0.25, 0.3) is 0 Å². The monoisotopic (exact) mass is 262 g/mol. The third-order valence-corrected chi connectivity index (χ3v) is 3.25. The van der Waals surface area contributed by atoms with E-state index in [2.05, 4.69) is 10.6 Å². The minimum atomic E-state index is -0.0265. The van der Waals surface area contributed by atoms with E-state index in [4.69, 9.17) is 4.74 Å². The van der Waals surface area contributed by atoms with Crippen LogP contribution in [0.2, 0.25) is 0 Å². The van der Waals surface area contributed by atoms with Crippen molar-refractivity contribution in [3.05, 3.63) is 29.8 Å². The summed E-state index contributed by atoms with van der Waals surface area (Å²) in [5, 5.41) is 6.17. The first-order valence-corrected chi connectivity index (χ1v) is 6.88. The van der Waals surface area contributed by atoms with Crippen molar-refractivity contribution in [3.63, 3.8) is 0 Å². The lowest BCUT2D eigenvalue weighted by molar-refractivity contribution is -0.123. The Hall–Kier alpha value is -1.55. The number of hydrogen-bond donors (Lipinski definition) is 2. The van der Waals surface area contributed by atoms with Crippen molar-refractivity contribution in [1.82, 2.24) is 10.6 Å². The average Bonchev–Trinajstić information content (AvgIpc) is 2.90. The largest absolute Gasteiger partial charge is 0.491 e. The fourth-order valence-electron chi connectivity index (χ4n) is 2.22. The van der Waals surface area contributed by atoms with Gasteiger partial charge in [-0.1, -0.05) is 12.1 Å². The Bertz CT molecular complexity index is 428. The average molecular weight is 262 g/mol. The lowest BCUT2D eigenvalue weighted by atomic mass is 10.2. The molecule has 0 saturated carbocycles. The summed E-state index contributed by atoms with van der Waals surface area (Å²) in [6, 6.07) is 7.91. The Morgan fingerprint density at radius 1 is 1.58 bits per heavy atom. The molecule has 2 N–H and O–H groups in total. The standard InChI is InChI=1S/C15H22N2O2/c1-11-5-3-6-13(9-11)19-10-12(2)17-15(18)14-7-4-8-16-14/h3,5-6,9,12,14,16H,4,7-8,10H2,1-2H3,(H,17,18). The number of aryl methyl sites for hydroxylation is 1. The van der Waals surface area contributed by atoms with Gasteiger partial charge in [-0.05, 0) is 50.9 Å². The van der Waals surface area contributed by atoms with Crippen molar-refractivity contribution in [2.24, 2.45) is 0 Å². The molecule has 2 unspecified atom stereocenters. The number of carbonyl (C=O) groups is 1. The summed E-state index contributed by atoms with van der Waals surface area (Å²) >= 11 is 0. The van der Waals surface area contributed by atoms with E-state index in [1.165, 1.54) is 5.56 Å². The second-order valence-corrected chi connectivity index (χ2v) is 5.19. The normalized spacial score (nSPS) is 20.0. The van der Waals surface area contributed by atoms with Crippen molar-refractivity contribution in [2.45, 2.75) is 38.8 Å². The third-order valence-electron chi connectivity index (χ3n) is 3.25. The molecule has 2 rings (SSSR count). The Morgan fingerprint density at radius 3 is 3.11 bits per heavy atom. The van der Waals surface area contributed by atoms with E-state index < -0.39 is 0 Å². The summed E-state index contributed by atoms with van der Waals surface area (Å²) in [6.45, 7) is 5.42. The number of nitrogens with one attached hydrogen (secondary N) is 2. The van der Waals surface area contributed by atoms with Gasteiger partial charge in [0.1, 0.15) is 12.4 Å². The predicted octanol–water partition coefficient (Wildman–Crippen LogP) is 1.63. The molecule has 0 aromatic heterocycles. The van der Waals surface area contributed by atoms with Crippen LogP contribution in [-0.2, 0) is 4.79 Å². The van der Waals surface area contributed by atoms with E-state index in [9.17, 15) is 4.79 Å². The Balaban J connectivity index is 1.75. The Labute approximate surface area is 114 Å². The van der Waals surface area contributed by atoms with Gasteiger partial charge in [0.2, 0.25) is 5.91 Å². The van der Waals surface area contributed by atoms with E-state index in [0.29, 0.717) is 6.61 Å². The van der Waals surface area contributed by atoms with Gasteiger partial charge in [0.15, 0.2) is 0 Å². The van der Waals surface area contributed by atoms with Crippen LogP contribution in [-0.4, -0.2) is 31.1 Å². The minimum absolute atomic E-state index is 0.00964. The molecule has 1 aliphatic heterocycles. The smallest absolute Gasteiger partial charge is 0.237 e. The molecule has 1 fully saturated rings. The number of hydrogen-bond acceptors (Lipinski definition) is 3. The molecular formula is C15H22N2O2. The quantitative estimate of drug-likeness (QED) is 0.848. The molecule has 0 radical (unpaired) electrons. The summed E-state index contributed by atoms with van der Waals surface area (Å²) in [5.41, 5.74) is 1.17. The van der Waals surface area contributed by atoms with Gasteiger partial charge < -0.3 is 15.4 Å². The fraction of sp³-hybridized carbons (Fsp3) is 0.533. The molecule has 1 aromatic rings. The highest BCUT2D eigenvalue weighted by Gasteiger charge is 2.22. The zero-order valence-electron chi connectivity index (χ0n) is 11.6. The second kappa shape index (κ2) is 6.57. The van der Waals surface area contributed by atoms with Crippen LogP contribution in [0.5, 0.6) is 5.75 Å². The maximum absolute atomic E-state index is 11.9. The molecule has 104 valence electrons. The first-order valence-electron chi connectivity index (χ1n) is 6.88. The van der Waals surface area contributed by atoms with Crippen molar-refractivity contribution in [2.75, 3.05) is 13.2 Å². The fourth-order valence-corrected chi connectivity index (χ4v) is 2.22. The van der Waals surface area contributed by atoms with E-state index in [0.717, 1.165) is 25.1 Å². The maximum Gasteiger partial charge on any atom is 0.237 e. The number of benzene rings is 1. The highest BCUT2D eigenvalue weighted by Crippen LogP contribution is 2.12. The Kier molecular flexibility index (Phi) is 4.80. The molecule has 1 aliphatic rings. The number of carbonyl (C=O) groups excluding carboxylic acids is 1. The molecule has 1 amide bonds. The number of ether oxygens (including phenoxy) is 1. The topological polar surface area (TPSA) is 50.4 Å². The summed E-state index contributed by atoms with van der Waals surface area (Å²) in [6.07, 6.45) is 2.00. The molecule has 4 nitrogen and oxygen atoms in total. The molecular weight excluding hydrogens is 240 g/mol. The van der Waals surface area contributed by atoms with Crippen LogP contribution < -0.4 is 15.4 Å². The molecule has 0 aliphatic carbocycles. The lowest BCUT2D eigenvalue weighted by Crippen LogP contribution is -2.46. The molecule has 0 spiro atoms. The molecule has 0 bridgehead atoms. The van der Waals surface area contributed by atoms with E-state index in [1.54, 1.807) is 0 Å². The molecule has 19 heavy (non-hydrogen) atoms. The van der Waals surface area contributed by atoms with E-state index >= 15 is 0 Å². The van der Waals surface area contributed by atoms with E-state index in [-0.39, 0.29) is 18.0 Å². The molecule has 4 heteroatoms. The zero-order chi connectivity index (χ0) is 13.7. The van der Waals surface area contributed by atoms with Crippen LogP contribution in [0.1, 0.15) is 25.3 Å². The molecule has 1 aromatic carbocycles. The van der Waals surface area contributed by atoms with Gasteiger partial charge in [-0.15, -0.1) is 0 Å². The van der Waals surface area contributed by atoms with Crippen LogP contribution in [0.3, 0.4) is 0 Å². The third kappa shape index (κ3) is 4.24. The number of amides is 1. The van der Waals surface area contributed by atoms with Gasteiger partial charge in [-0.2, -0.15) is 0 Å². The van der Waals surface area contributed by atoms with Crippen molar-refractivity contribution < 1.29 is 9.53 Å². The minimum Gasteiger partial charge on any atom is -0.491 e. The van der Waals surface area contributed by atoms with Crippen LogP contribution in [0, 0.1) is 6.92 Å². The highest BCUT2D eigenvalue weighted by molar-refractivity contribution is 5.82. The molecule has 2 atom stereocenters. The first kappa shape index (κ1) is 13.9. The summed E-state index contributed by atoms with van der Waals surface area (Å²) in [7, 11) is 0. The summed E-state index contributed by atoms with van der Waals surface area (Å²) < 4.78 is 5.68. The summed E-state index contributed by atoms with van der Waals surface area (Å²) in [5.74, 6) is 0.929. The van der Waals surface area contributed by atoms with Gasteiger partial charge in [-0.25, -0.2) is 0 Å². The maximum atomic E-state index is 11.9. The molecule has 1 heterocycles. The van der Waals surface area contributed by atoms with Gasteiger partial charge in [0.25, 0.3) is 0 Å². The van der Waals surface area contributed by atoms with Gasteiger partial charge in [-0.3, -0.25) is 4.79 Å². The first-order chi connectivity index (χ1) is 9.15. The van der Waals surface area contributed by atoms with Crippen LogP contribution >= 0.6 is 0 Å². The lowest BCUT2D eigenvalue weighted by Gasteiger charge is -2.18. The summed E-state index contributed by atoms with van der Waals surface area (Å²) in [4.78, 5) is 11.9. The SMILES string of the molecule is Cc1cccc(OCC(C)NC(=O)C2CCCN2)c1. The Morgan fingerprint density at radius 2 is 2.42 bits per heavy atom. The van der Waals surface area contributed by atoms with E-state index in [1.807, 2.05) is 38.1 Å². The van der Waals surface area contributed by atoms with Gasteiger partial charge in [0.05, 0.1) is 12.1 Å². The van der Waals surface area contributed by atoms with Gasteiger partial charge >= 0.3 is 0 Å². The van der Waals surface area contributed by atoms with Crippen molar-refractivity contribution in [1.29, 1.82) is 0 Å². The predicted molar refractivity (Wildman–Crippen MR) is 75.3 cm³/mol. The van der Waals surface area contributed by atoms with Crippen molar-refractivity contribution in [3.8, 4) is 5.75 Å². The highest BCUT2D eigenvalue weighted by atomic mass is 16.5. The number of rotatable bonds is 5. The van der Waals surface area contributed by atoms with Crippen LogP contribution in [0.15, 0.2) is 24.3 Å². The van der Waals surface area contributed by atoms with Gasteiger partial charge in [0, 0.05) is 0 Å². The zero-order valence-corrected chi connectivity index (χ0v) is 11.6. The van der Waals surface area contributed by atoms with Crippen molar-refractivity contribution >= 4 is 5.91 Å². The second-order valence-electron chi connectivity index (χ2n) is 5.19.